The number of hydrogen-bond donors (Lipinski definition) is 1. The van der Waals surface area contributed by atoms with E-state index in [9.17, 15) is 5.11 Å². The minimum Gasteiger partial charge on any atom is -0.389 e. The van der Waals surface area contributed by atoms with E-state index in [1.807, 2.05) is 38.1 Å². The lowest BCUT2D eigenvalue weighted by Gasteiger charge is -2.30. The Morgan fingerprint density at radius 3 is 2.52 bits per heavy atom. The van der Waals surface area contributed by atoms with E-state index in [4.69, 9.17) is 16.1 Å². The van der Waals surface area contributed by atoms with Crippen LogP contribution in [0.3, 0.4) is 0 Å². The number of rotatable bonds is 7. The third kappa shape index (κ3) is 5.30. The Labute approximate surface area is 142 Å². The summed E-state index contributed by atoms with van der Waals surface area (Å²) in [4.78, 5) is 6.60. The molecule has 0 aliphatic carbocycles. The van der Waals surface area contributed by atoms with Crippen molar-refractivity contribution in [3.8, 4) is 0 Å². The number of nitrogens with zero attached hydrogens (tertiary/aromatic N) is 3. The van der Waals surface area contributed by atoms with Crippen LogP contribution in [0.4, 0.5) is 0 Å². The molecule has 0 saturated heterocycles. The highest BCUT2D eigenvalue weighted by Crippen LogP contribution is 2.21. The predicted octanol–water partition coefficient (Wildman–Crippen LogP) is 3.47. The van der Waals surface area contributed by atoms with Gasteiger partial charge in [-0.1, -0.05) is 35.8 Å². The van der Waals surface area contributed by atoms with E-state index in [2.05, 4.69) is 15.0 Å². The van der Waals surface area contributed by atoms with Crippen molar-refractivity contribution in [1.29, 1.82) is 0 Å². The molecule has 126 valence electrons. The lowest BCUT2D eigenvalue weighted by molar-refractivity contribution is 0.0200. The maximum absolute atomic E-state index is 10.0. The number of benzene rings is 1. The molecule has 0 radical (unpaired) electrons. The first-order valence-corrected chi connectivity index (χ1v) is 8.19. The Morgan fingerprint density at radius 1 is 1.30 bits per heavy atom. The first kappa shape index (κ1) is 17.9. The van der Waals surface area contributed by atoms with E-state index >= 15 is 0 Å². The summed E-state index contributed by atoms with van der Waals surface area (Å²) in [5.41, 5.74) is 0.314. The molecule has 6 heteroatoms. The molecule has 1 atom stereocenters. The molecule has 1 heterocycles. The second-order valence-electron chi connectivity index (χ2n) is 6.40. The molecule has 0 saturated carbocycles. The highest BCUT2D eigenvalue weighted by molar-refractivity contribution is 6.30. The van der Waals surface area contributed by atoms with Gasteiger partial charge in [0.2, 0.25) is 5.89 Å². The van der Waals surface area contributed by atoms with Crippen LogP contribution in [0.2, 0.25) is 5.02 Å². The number of aromatic nitrogens is 2. The Balaban J connectivity index is 2.06. The van der Waals surface area contributed by atoms with Gasteiger partial charge in [0.05, 0.1) is 11.6 Å². The van der Waals surface area contributed by atoms with Crippen LogP contribution in [0.25, 0.3) is 0 Å². The molecule has 0 fully saturated rings. The maximum Gasteiger partial charge on any atom is 0.243 e. The van der Waals surface area contributed by atoms with E-state index in [0.717, 1.165) is 12.1 Å². The maximum atomic E-state index is 10.0. The van der Waals surface area contributed by atoms with Gasteiger partial charge >= 0.3 is 0 Å². The normalized spacial score (nSPS) is 13.5. The molecule has 0 aliphatic heterocycles. The number of aliphatic hydroxyl groups is 1. The summed E-state index contributed by atoms with van der Waals surface area (Å²) < 4.78 is 5.41. The number of halogens is 1. The van der Waals surface area contributed by atoms with Gasteiger partial charge in [-0.25, -0.2) is 0 Å². The summed E-state index contributed by atoms with van der Waals surface area (Å²) in [5.74, 6) is 1.22. The molecule has 0 aliphatic rings. The zero-order chi connectivity index (χ0) is 17.0. The average molecular weight is 338 g/mol. The fraction of sp³-hybridized carbons (Fsp3) is 0.529. The highest BCUT2D eigenvalue weighted by Gasteiger charge is 2.25. The second-order valence-corrected chi connectivity index (χ2v) is 6.84. The van der Waals surface area contributed by atoms with Gasteiger partial charge in [-0.15, -0.1) is 0 Å². The van der Waals surface area contributed by atoms with Gasteiger partial charge in [-0.2, -0.15) is 4.98 Å². The van der Waals surface area contributed by atoms with Gasteiger partial charge in [0, 0.05) is 18.0 Å². The first-order valence-electron chi connectivity index (χ1n) is 7.82. The fourth-order valence-electron chi connectivity index (χ4n) is 2.47. The van der Waals surface area contributed by atoms with Crippen LogP contribution >= 0.6 is 11.6 Å². The SMILES string of the molecule is CCN(CC(C)(C)O)C(C)c1nc(Cc2ccc(Cl)cc2)no1. The number of hydrogen-bond acceptors (Lipinski definition) is 5. The van der Waals surface area contributed by atoms with E-state index < -0.39 is 5.60 Å². The molecule has 0 amide bonds. The predicted molar refractivity (Wildman–Crippen MR) is 90.5 cm³/mol. The van der Waals surface area contributed by atoms with Crippen LogP contribution in [0, 0.1) is 0 Å². The third-order valence-electron chi connectivity index (χ3n) is 3.66. The molecule has 0 spiro atoms. The first-order chi connectivity index (χ1) is 10.8. The lowest BCUT2D eigenvalue weighted by Crippen LogP contribution is -2.40. The van der Waals surface area contributed by atoms with Crippen molar-refractivity contribution in [2.24, 2.45) is 0 Å². The fourth-order valence-corrected chi connectivity index (χ4v) is 2.60. The molecule has 23 heavy (non-hydrogen) atoms. The van der Waals surface area contributed by atoms with Crippen LogP contribution < -0.4 is 0 Å². The Bertz CT molecular complexity index is 620. The van der Waals surface area contributed by atoms with Crippen LogP contribution in [0.15, 0.2) is 28.8 Å². The zero-order valence-electron chi connectivity index (χ0n) is 14.1. The van der Waals surface area contributed by atoms with Gasteiger partial charge in [0.15, 0.2) is 5.82 Å². The molecule has 0 bridgehead atoms. The van der Waals surface area contributed by atoms with Crippen molar-refractivity contribution >= 4 is 11.6 Å². The van der Waals surface area contributed by atoms with E-state index in [1.54, 1.807) is 13.8 Å². The van der Waals surface area contributed by atoms with Crippen LogP contribution in [-0.2, 0) is 6.42 Å². The van der Waals surface area contributed by atoms with Crippen molar-refractivity contribution in [1.82, 2.24) is 15.0 Å². The Kier molecular flexibility index (Phi) is 5.79. The standard InChI is InChI=1S/C17H24ClN3O2/c1-5-21(11-17(3,4)22)12(2)16-19-15(20-23-16)10-13-6-8-14(18)9-7-13/h6-9,12,22H,5,10-11H2,1-4H3. The van der Waals surface area contributed by atoms with Crippen molar-refractivity contribution in [2.45, 2.75) is 45.8 Å². The monoisotopic (exact) mass is 337 g/mol. The number of likely N-dealkylation sites (N-methyl/N-ethyl adjacent to an activating group) is 1. The quantitative estimate of drug-likeness (QED) is 0.838. The summed E-state index contributed by atoms with van der Waals surface area (Å²) in [5, 5.41) is 14.8. The molecular formula is C17H24ClN3O2. The smallest absolute Gasteiger partial charge is 0.243 e. The summed E-state index contributed by atoms with van der Waals surface area (Å²) in [7, 11) is 0. The van der Waals surface area contributed by atoms with Gasteiger partial charge < -0.3 is 9.63 Å². The van der Waals surface area contributed by atoms with Gasteiger partial charge in [0.1, 0.15) is 0 Å². The van der Waals surface area contributed by atoms with E-state index in [-0.39, 0.29) is 6.04 Å². The van der Waals surface area contributed by atoms with Crippen LogP contribution in [0.5, 0.6) is 0 Å². The van der Waals surface area contributed by atoms with Crippen LogP contribution in [0.1, 0.15) is 51.0 Å². The average Bonchev–Trinajstić information content (AvgIpc) is 2.94. The topological polar surface area (TPSA) is 62.4 Å². The summed E-state index contributed by atoms with van der Waals surface area (Å²) in [6.45, 7) is 8.98. The molecule has 1 unspecified atom stereocenters. The largest absolute Gasteiger partial charge is 0.389 e. The van der Waals surface area contributed by atoms with Gasteiger partial charge in [0.25, 0.3) is 0 Å². The molecule has 2 rings (SSSR count). The zero-order valence-corrected chi connectivity index (χ0v) is 14.8. The van der Waals surface area contributed by atoms with E-state index in [0.29, 0.717) is 29.7 Å². The van der Waals surface area contributed by atoms with E-state index in [1.165, 1.54) is 0 Å². The summed E-state index contributed by atoms with van der Waals surface area (Å²) in [6.07, 6.45) is 0.602. The van der Waals surface area contributed by atoms with Crippen LogP contribution in [-0.4, -0.2) is 38.8 Å². The minimum absolute atomic E-state index is 0.0436. The third-order valence-corrected chi connectivity index (χ3v) is 3.91. The van der Waals surface area contributed by atoms with Crippen molar-refractivity contribution in [2.75, 3.05) is 13.1 Å². The van der Waals surface area contributed by atoms with Crippen molar-refractivity contribution in [3.05, 3.63) is 46.6 Å². The molecular weight excluding hydrogens is 314 g/mol. The Hall–Kier alpha value is -1.43. The van der Waals surface area contributed by atoms with Crippen molar-refractivity contribution in [3.63, 3.8) is 0 Å². The summed E-state index contributed by atoms with van der Waals surface area (Å²) >= 11 is 5.89. The summed E-state index contributed by atoms with van der Waals surface area (Å²) in [6, 6.07) is 7.56. The molecule has 2 aromatic rings. The second kappa shape index (κ2) is 7.43. The lowest BCUT2D eigenvalue weighted by atomic mass is 10.1. The van der Waals surface area contributed by atoms with Gasteiger partial charge in [-0.05, 0) is 45.0 Å². The molecule has 1 N–H and O–H groups in total. The molecule has 1 aromatic carbocycles. The highest BCUT2D eigenvalue weighted by atomic mass is 35.5. The van der Waals surface area contributed by atoms with Crippen molar-refractivity contribution < 1.29 is 9.63 Å². The Morgan fingerprint density at radius 2 is 1.96 bits per heavy atom. The molecule has 1 aromatic heterocycles. The minimum atomic E-state index is -0.767. The molecule has 5 nitrogen and oxygen atoms in total. The van der Waals surface area contributed by atoms with Gasteiger partial charge in [-0.3, -0.25) is 4.90 Å².